The van der Waals surface area contributed by atoms with Crippen LogP contribution in [-0.2, 0) is 4.79 Å². The van der Waals surface area contributed by atoms with Crippen molar-refractivity contribution < 1.29 is 9.59 Å². The molecule has 1 aliphatic rings. The number of rotatable bonds is 3. The number of hydrogen-bond acceptors (Lipinski definition) is 4. The third-order valence-corrected chi connectivity index (χ3v) is 4.63. The molecule has 1 saturated heterocycles. The van der Waals surface area contributed by atoms with Crippen LogP contribution in [0, 0.1) is 0 Å². The van der Waals surface area contributed by atoms with Crippen LogP contribution in [0.3, 0.4) is 0 Å². The molecule has 0 aliphatic carbocycles. The van der Waals surface area contributed by atoms with Gasteiger partial charge in [0.25, 0.3) is 11.8 Å². The van der Waals surface area contributed by atoms with Gasteiger partial charge in [-0.2, -0.15) is 0 Å². The summed E-state index contributed by atoms with van der Waals surface area (Å²) in [6.45, 7) is 1.93. The molecule has 2 aromatic carbocycles. The van der Waals surface area contributed by atoms with Crippen LogP contribution in [0.5, 0.6) is 0 Å². The van der Waals surface area contributed by atoms with Crippen molar-refractivity contribution >= 4 is 34.8 Å². The van der Waals surface area contributed by atoms with Gasteiger partial charge in [-0.1, -0.05) is 36.4 Å². The lowest BCUT2D eigenvalue weighted by atomic mass is 10.1. The minimum atomic E-state index is -0.552. The Hall–Kier alpha value is -2.77. The molecule has 3 rings (SSSR count). The highest BCUT2D eigenvalue weighted by Gasteiger charge is 2.43. The molecule has 0 aromatic heterocycles. The molecule has 0 radical (unpaired) electrons. The van der Waals surface area contributed by atoms with Crippen molar-refractivity contribution in [1.29, 1.82) is 0 Å². The second-order valence-corrected chi connectivity index (χ2v) is 6.48. The molecule has 1 heterocycles. The number of para-hydroxylation sites is 1. The van der Waals surface area contributed by atoms with Gasteiger partial charge in [0.05, 0.1) is 11.7 Å². The number of anilines is 1. The van der Waals surface area contributed by atoms with E-state index in [4.69, 9.17) is 12.2 Å². The van der Waals surface area contributed by atoms with Crippen LogP contribution in [0.1, 0.15) is 17.3 Å². The molecule has 7 heteroatoms. The van der Waals surface area contributed by atoms with Gasteiger partial charge in [0.1, 0.15) is 6.04 Å². The highest BCUT2D eigenvalue weighted by atomic mass is 32.1. The number of hydrazine groups is 1. The predicted molar refractivity (Wildman–Crippen MR) is 105 cm³/mol. The Labute approximate surface area is 157 Å². The molecule has 134 valence electrons. The van der Waals surface area contributed by atoms with Gasteiger partial charge in [0.2, 0.25) is 0 Å². The fraction of sp³-hybridized carbons (Fsp3) is 0.211. The summed E-state index contributed by atoms with van der Waals surface area (Å²) >= 11 is 5.23. The van der Waals surface area contributed by atoms with Crippen molar-refractivity contribution in [3.05, 3.63) is 66.2 Å². The fourth-order valence-electron chi connectivity index (χ4n) is 2.89. The molecule has 0 bridgehead atoms. The van der Waals surface area contributed by atoms with Crippen LogP contribution < -0.4 is 15.6 Å². The normalized spacial score (nSPS) is 20.1. The summed E-state index contributed by atoms with van der Waals surface area (Å²) in [6, 6.07) is 17.5. The van der Waals surface area contributed by atoms with E-state index >= 15 is 0 Å². The van der Waals surface area contributed by atoms with Crippen molar-refractivity contribution in [2.45, 2.75) is 19.0 Å². The van der Waals surface area contributed by atoms with Gasteiger partial charge >= 0.3 is 0 Å². The molecule has 0 unspecified atom stereocenters. The zero-order valence-electron chi connectivity index (χ0n) is 14.5. The maximum Gasteiger partial charge on any atom is 0.265 e. The number of hydrogen-bond donors (Lipinski definition) is 2. The van der Waals surface area contributed by atoms with Crippen LogP contribution in [0.2, 0.25) is 0 Å². The summed E-state index contributed by atoms with van der Waals surface area (Å²) in [4.78, 5) is 25.1. The summed E-state index contributed by atoms with van der Waals surface area (Å²) in [5.41, 5.74) is 1.29. The van der Waals surface area contributed by atoms with Crippen LogP contribution in [0.4, 0.5) is 5.69 Å². The number of carbonyl (C=O) groups is 2. The molecule has 2 aromatic rings. The van der Waals surface area contributed by atoms with E-state index in [-0.39, 0.29) is 23.0 Å². The molecule has 6 nitrogen and oxygen atoms in total. The Morgan fingerprint density at radius 2 is 1.62 bits per heavy atom. The third-order valence-electron chi connectivity index (χ3n) is 4.41. The largest absolute Gasteiger partial charge is 0.349 e. The Morgan fingerprint density at radius 3 is 2.23 bits per heavy atom. The van der Waals surface area contributed by atoms with Crippen LogP contribution in [0.25, 0.3) is 0 Å². The highest BCUT2D eigenvalue weighted by molar-refractivity contribution is 7.80. The number of carbonyl (C=O) groups excluding carboxylic acids is 2. The minimum absolute atomic E-state index is 0.123. The standard InChI is InChI=1S/C19H20N4O2S/c1-13-16(18(25)23(22(13)2)15-11-7-4-8-12-15)20-19(26)21-17(24)14-9-5-3-6-10-14/h3-13,16H,1-2H3,(H2,20,21,24,26)/t13-,16-/m0/s1. The van der Waals surface area contributed by atoms with E-state index in [0.717, 1.165) is 5.69 Å². The zero-order chi connectivity index (χ0) is 18.7. The number of nitrogens with zero attached hydrogens (tertiary/aromatic N) is 2. The van der Waals surface area contributed by atoms with Crippen molar-refractivity contribution in [2.75, 3.05) is 12.1 Å². The molecule has 2 amide bonds. The number of thiocarbonyl (C=S) groups is 1. The maximum absolute atomic E-state index is 12.9. The highest BCUT2D eigenvalue weighted by Crippen LogP contribution is 2.25. The first kappa shape index (κ1) is 18.0. The van der Waals surface area contributed by atoms with Crippen molar-refractivity contribution in [3.63, 3.8) is 0 Å². The van der Waals surface area contributed by atoms with E-state index in [1.54, 1.807) is 29.3 Å². The summed E-state index contributed by atoms with van der Waals surface area (Å²) in [6.07, 6.45) is 0. The SMILES string of the molecule is C[C@H]1[C@H](NC(=S)NC(=O)c2ccccc2)C(=O)N(c2ccccc2)N1C. The fourth-order valence-corrected chi connectivity index (χ4v) is 3.11. The molecular weight excluding hydrogens is 348 g/mol. The van der Waals surface area contributed by atoms with Gasteiger partial charge in [0.15, 0.2) is 5.11 Å². The number of likely N-dealkylation sites (N-methyl/N-ethyl adjacent to an activating group) is 1. The lowest BCUT2D eigenvalue weighted by Gasteiger charge is -2.26. The third kappa shape index (κ3) is 3.58. The molecule has 26 heavy (non-hydrogen) atoms. The van der Waals surface area contributed by atoms with Crippen molar-refractivity contribution in [1.82, 2.24) is 15.6 Å². The first-order valence-electron chi connectivity index (χ1n) is 8.27. The second-order valence-electron chi connectivity index (χ2n) is 6.07. The molecular formula is C19H20N4O2S. The van der Waals surface area contributed by atoms with E-state index in [1.807, 2.05) is 55.4 Å². The summed E-state index contributed by atoms with van der Waals surface area (Å²) in [5, 5.41) is 9.21. The summed E-state index contributed by atoms with van der Waals surface area (Å²) in [5.74, 6) is -0.433. The lowest BCUT2D eigenvalue weighted by Crippen LogP contribution is -2.50. The monoisotopic (exact) mass is 368 g/mol. The first-order valence-corrected chi connectivity index (χ1v) is 8.68. The van der Waals surface area contributed by atoms with Crippen LogP contribution in [-0.4, -0.2) is 41.1 Å². The summed E-state index contributed by atoms with van der Waals surface area (Å²) < 4.78 is 0. The lowest BCUT2D eigenvalue weighted by molar-refractivity contribution is -0.119. The number of amides is 2. The average Bonchev–Trinajstić information content (AvgIpc) is 2.86. The van der Waals surface area contributed by atoms with E-state index < -0.39 is 6.04 Å². The Balaban J connectivity index is 1.68. The molecule has 0 saturated carbocycles. The van der Waals surface area contributed by atoms with Gasteiger partial charge in [-0.15, -0.1) is 0 Å². The van der Waals surface area contributed by atoms with E-state index in [0.29, 0.717) is 5.56 Å². The molecule has 2 atom stereocenters. The quantitative estimate of drug-likeness (QED) is 0.811. The van der Waals surface area contributed by atoms with Crippen molar-refractivity contribution in [3.8, 4) is 0 Å². The van der Waals surface area contributed by atoms with Gasteiger partial charge < -0.3 is 5.32 Å². The maximum atomic E-state index is 12.9. The Kier molecular flexibility index (Phi) is 5.29. The second kappa shape index (κ2) is 7.63. The van der Waals surface area contributed by atoms with E-state index in [9.17, 15) is 9.59 Å². The molecule has 2 N–H and O–H groups in total. The van der Waals surface area contributed by atoms with Gasteiger partial charge in [-0.05, 0) is 43.4 Å². The molecule has 0 spiro atoms. The van der Waals surface area contributed by atoms with E-state index in [1.165, 1.54) is 0 Å². The van der Waals surface area contributed by atoms with Gasteiger partial charge in [-0.3, -0.25) is 14.9 Å². The molecule has 1 fully saturated rings. The molecule has 1 aliphatic heterocycles. The predicted octanol–water partition coefficient (Wildman–Crippen LogP) is 1.94. The van der Waals surface area contributed by atoms with Crippen LogP contribution >= 0.6 is 12.2 Å². The topological polar surface area (TPSA) is 64.7 Å². The van der Waals surface area contributed by atoms with Crippen molar-refractivity contribution in [2.24, 2.45) is 0 Å². The Bertz CT molecular complexity index is 813. The average molecular weight is 368 g/mol. The van der Waals surface area contributed by atoms with E-state index in [2.05, 4.69) is 10.6 Å². The minimum Gasteiger partial charge on any atom is -0.349 e. The number of nitrogens with one attached hydrogen (secondary N) is 2. The smallest absolute Gasteiger partial charge is 0.265 e. The summed E-state index contributed by atoms with van der Waals surface area (Å²) in [7, 11) is 1.85. The zero-order valence-corrected chi connectivity index (χ0v) is 15.4. The van der Waals surface area contributed by atoms with Crippen LogP contribution in [0.15, 0.2) is 60.7 Å². The first-order chi connectivity index (χ1) is 12.5. The Morgan fingerprint density at radius 1 is 1.04 bits per heavy atom. The van der Waals surface area contributed by atoms with Gasteiger partial charge in [-0.25, -0.2) is 10.0 Å². The van der Waals surface area contributed by atoms with Gasteiger partial charge in [0, 0.05) is 12.6 Å². The number of benzene rings is 2.